The second-order valence-electron chi connectivity index (χ2n) is 3.19. The van der Waals surface area contributed by atoms with Crippen molar-refractivity contribution in [3.63, 3.8) is 0 Å². The second-order valence-corrected chi connectivity index (χ2v) is 3.19. The van der Waals surface area contributed by atoms with Crippen molar-refractivity contribution in [1.82, 2.24) is 0 Å². The molecule has 2 heteroatoms. The normalized spacial score (nSPS) is 17.9. The molecule has 1 saturated heterocycles. The Kier molecular flexibility index (Phi) is 2.62. The molecule has 1 aromatic rings. The van der Waals surface area contributed by atoms with Gasteiger partial charge in [-0.3, -0.25) is 0 Å². The van der Waals surface area contributed by atoms with Gasteiger partial charge in [0.1, 0.15) is 0 Å². The van der Waals surface area contributed by atoms with Crippen molar-refractivity contribution in [2.45, 2.75) is 12.7 Å². The molecule has 1 fully saturated rings. The lowest BCUT2D eigenvalue weighted by molar-refractivity contribution is -0.0399. The summed E-state index contributed by atoms with van der Waals surface area (Å²) in [5, 5.41) is 0. The molecular weight excluding hydrogens is 164 g/mol. The van der Waals surface area contributed by atoms with Crippen LogP contribution >= 0.6 is 0 Å². The predicted molar refractivity (Wildman–Crippen MR) is 50.3 cm³/mol. The van der Waals surface area contributed by atoms with Gasteiger partial charge in [0.25, 0.3) is 0 Å². The van der Waals surface area contributed by atoms with Gasteiger partial charge in [-0.15, -0.1) is 0 Å². The molecule has 0 amide bonds. The van der Waals surface area contributed by atoms with Crippen LogP contribution in [0.4, 0.5) is 0 Å². The van der Waals surface area contributed by atoms with Gasteiger partial charge in [0.15, 0.2) is 6.29 Å². The molecule has 0 aliphatic carbocycles. The van der Waals surface area contributed by atoms with Crippen molar-refractivity contribution in [2.24, 2.45) is 0 Å². The summed E-state index contributed by atoms with van der Waals surface area (Å²) in [7, 11) is 0. The van der Waals surface area contributed by atoms with E-state index in [1.165, 1.54) is 5.56 Å². The fourth-order valence-corrected chi connectivity index (χ4v) is 1.39. The van der Waals surface area contributed by atoms with Gasteiger partial charge in [-0.25, -0.2) is 0 Å². The van der Waals surface area contributed by atoms with E-state index in [1.54, 1.807) is 0 Å². The van der Waals surface area contributed by atoms with Crippen LogP contribution < -0.4 is 0 Å². The number of ether oxygens (including phenoxy) is 2. The molecule has 1 aromatic carbocycles. The Labute approximate surface area is 78.5 Å². The first-order valence-corrected chi connectivity index (χ1v) is 4.49. The maximum Gasteiger partial charge on any atom is 0.161 e. The lowest BCUT2D eigenvalue weighted by atomic mass is 10.1. The zero-order valence-corrected chi connectivity index (χ0v) is 7.53. The summed E-state index contributed by atoms with van der Waals surface area (Å²) >= 11 is 0. The average Bonchev–Trinajstić information content (AvgIpc) is 2.62. The lowest BCUT2D eigenvalue weighted by Gasteiger charge is -2.08. The van der Waals surface area contributed by atoms with Gasteiger partial charge in [0.2, 0.25) is 0 Å². The first-order valence-electron chi connectivity index (χ1n) is 4.49. The molecule has 1 aliphatic heterocycles. The Morgan fingerprint density at radius 2 is 1.77 bits per heavy atom. The summed E-state index contributed by atoms with van der Waals surface area (Å²) in [6, 6.07) is 8.13. The maximum atomic E-state index is 5.35. The summed E-state index contributed by atoms with van der Waals surface area (Å²) in [6.45, 7) is 5.27. The van der Waals surface area contributed by atoms with E-state index in [0.29, 0.717) is 0 Å². The monoisotopic (exact) mass is 177 g/mol. The van der Waals surface area contributed by atoms with Gasteiger partial charge in [0, 0.05) is 6.42 Å². The molecule has 0 unspecified atom stereocenters. The summed E-state index contributed by atoms with van der Waals surface area (Å²) in [5.74, 6) is 0. The van der Waals surface area contributed by atoms with Gasteiger partial charge < -0.3 is 9.47 Å². The number of hydrogen-bond acceptors (Lipinski definition) is 2. The molecule has 0 atom stereocenters. The van der Waals surface area contributed by atoms with Gasteiger partial charge in [0.05, 0.1) is 13.2 Å². The van der Waals surface area contributed by atoms with E-state index in [-0.39, 0.29) is 6.29 Å². The fraction of sp³-hybridized carbons (Fsp3) is 0.364. The second kappa shape index (κ2) is 3.90. The standard InChI is InChI=1S/C11H13O2/c1-9-2-4-10(5-3-9)8-11-12-6-7-13-11/h2-5,11H,1,6-8H2. The Balaban J connectivity index is 1.97. The minimum absolute atomic E-state index is 0.0457. The average molecular weight is 177 g/mol. The molecule has 0 bridgehead atoms. The predicted octanol–water partition coefficient (Wildman–Crippen LogP) is 1.78. The summed E-state index contributed by atoms with van der Waals surface area (Å²) in [6.07, 6.45) is 0.788. The molecule has 0 aromatic heterocycles. The summed E-state index contributed by atoms with van der Waals surface area (Å²) in [5.41, 5.74) is 2.27. The quantitative estimate of drug-likeness (QED) is 0.685. The molecular formula is C11H13O2. The van der Waals surface area contributed by atoms with Crippen molar-refractivity contribution < 1.29 is 9.47 Å². The molecule has 2 rings (SSSR count). The number of benzene rings is 1. The Morgan fingerprint density at radius 1 is 1.15 bits per heavy atom. The van der Waals surface area contributed by atoms with Crippen LogP contribution in [0.1, 0.15) is 11.1 Å². The molecule has 0 saturated carbocycles. The van der Waals surface area contributed by atoms with Crippen LogP contribution in [-0.4, -0.2) is 19.5 Å². The molecule has 0 spiro atoms. The van der Waals surface area contributed by atoms with Crippen LogP contribution in [0.5, 0.6) is 0 Å². The minimum atomic E-state index is -0.0457. The number of rotatable bonds is 2. The molecule has 1 radical (unpaired) electrons. The van der Waals surface area contributed by atoms with Crippen LogP contribution in [-0.2, 0) is 15.9 Å². The van der Waals surface area contributed by atoms with E-state index in [9.17, 15) is 0 Å². The Morgan fingerprint density at radius 3 is 2.38 bits per heavy atom. The van der Waals surface area contributed by atoms with E-state index in [4.69, 9.17) is 9.47 Å². The number of hydrogen-bond donors (Lipinski definition) is 0. The van der Waals surface area contributed by atoms with E-state index < -0.39 is 0 Å². The van der Waals surface area contributed by atoms with Crippen molar-refractivity contribution >= 4 is 0 Å². The largest absolute Gasteiger partial charge is 0.350 e. The molecule has 69 valence electrons. The highest BCUT2D eigenvalue weighted by Gasteiger charge is 2.15. The molecule has 0 N–H and O–H groups in total. The van der Waals surface area contributed by atoms with Crippen LogP contribution in [0, 0.1) is 6.92 Å². The van der Waals surface area contributed by atoms with Gasteiger partial charge in [-0.1, -0.05) is 24.3 Å². The van der Waals surface area contributed by atoms with E-state index in [2.05, 4.69) is 19.1 Å². The van der Waals surface area contributed by atoms with E-state index >= 15 is 0 Å². The van der Waals surface area contributed by atoms with E-state index in [0.717, 1.165) is 25.2 Å². The van der Waals surface area contributed by atoms with Gasteiger partial charge in [-0.2, -0.15) is 0 Å². The zero-order chi connectivity index (χ0) is 9.10. The lowest BCUT2D eigenvalue weighted by Crippen LogP contribution is -2.10. The Bertz CT molecular complexity index is 260. The van der Waals surface area contributed by atoms with Gasteiger partial charge >= 0.3 is 0 Å². The van der Waals surface area contributed by atoms with Crippen LogP contribution in [0.25, 0.3) is 0 Å². The van der Waals surface area contributed by atoms with Gasteiger partial charge in [-0.05, 0) is 18.1 Å². The third kappa shape index (κ3) is 2.29. The van der Waals surface area contributed by atoms with Crippen molar-refractivity contribution in [3.8, 4) is 0 Å². The van der Waals surface area contributed by atoms with Crippen LogP contribution in [0.2, 0.25) is 0 Å². The highest BCUT2D eigenvalue weighted by molar-refractivity contribution is 5.24. The minimum Gasteiger partial charge on any atom is -0.350 e. The molecule has 13 heavy (non-hydrogen) atoms. The SMILES string of the molecule is [CH2]c1ccc(CC2OCCO2)cc1. The summed E-state index contributed by atoms with van der Waals surface area (Å²) in [4.78, 5) is 0. The highest BCUT2D eigenvalue weighted by atomic mass is 16.7. The first-order chi connectivity index (χ1) is 6.34. The summed E-state index contributed by atoms with van der Waals surface area (Å²) < 4.78 is 10.7. The first kappa shape index (κ1) is 8.73. The maximum absolute atomic E-state index is 5.35. The topological polar surface area (TPSA) is 18.5 Å². The molecule has 2 nitrogen and oxygen atoms in total. The smallest absolute Gasteiger partial charge is 0.161 e. The molecule has 1 heterocycles. The van der Waals surface area contributed by atoms with E-state index in [1.807, 2.05) is 12.1 Å². The van der Waals surface area contributed by atoms with Crippen molar-refractivity contribution in [2.75, 3.05) is 13.2 Å². The van der Waals surface area contributed by atoms with Crippen LogP contribution in [0.3, 0.4) is 0 Å². The zero-order valence-electron chi connectivity index (χ0n) is 7.53. The third-order valence-electron chi connectivity index (χ3n) is 2.12. The Hall–Kier alpha value is -0.860. The van der Waals surface area contributed by atoms with Crippen molar-refractivity contribution in [1.29, 1.82) is 0 Å². The highest BCUT2D eigenvalue weighted by Crippen LogP contribution is 2.12. The molecule has 1 aliphatic rings. The fourth-order valence-electron chi connectivity index (χ4n) is 1.39. The van der Waals surface area contributed by atoms with Crippen LogP contribution in [0.15, 0.2) is 24.3 Å². The van der Waals surface area contributed by atoms with Crippen molar-refractivity contribution in [3.05, 3.63) is 42.3 Å². The third-order valence-corrected chi connectivity index (χ3v) is 2.12.